The van der Waals surface area contributed by atoms with E-state index in [0.29, 0.717) is 53.9 Å². The van der Waals surface area contributed by atoms with Gasteiger partial charge in [-0.3, -0.25) is 9.78 Å². The molecule has 2 aliphatic rings. The second-order valence-corrected chi connectivity index (χ2v) is 14.7. The number of pyridine rings is 1. The lowest BCUT2D eigenvalue weighted by molar-refractivity contribution is -0.120. The maximum Gasteiger partial charge on any atom is 0.243 e. The van der Waals surface area contributed by atoms with E-state index < -0.39 is 27.9 Å². The van der Waals surface area contributed by atoms with Crippen molar-refractivity contribution in [2.75, 3.05) is 26.3 Å². The molecule has 8 nitrogen and oxygen atoms in total. The van der Waals surface area contributed by atoms with Gasteiger partial charge in [0.1, 0.15) is 5.82 Å². The molecule has 242 valence electrons. The average Bonchev–Trinajstić information content (AvgIpc) is 3.02. The zero-order chi connectivity index (χ0) is 32.1. The van der Waals surface area contributed by atoms with Crippen LogP contribution in [-0.4, -0.2) is 67.9 Å². The number of hydrogen-bond donors (Lipinski definition) is 2. The number of piperazine rings is 1. The van der Waals surface area contributed by atoms with E-state index in [1.54, 1.807) is 24.3 Å². The molecule has 0 radical (unpaired) electrons. The molecule has 0 unspecified atom stereocenters. The van der Waals surface area contributed by atoms with Gasteiger partial charge in [0, 0.05) is 67.0 Å². The van der Waals surface area contributed by atoms with E-state index in [1.165, 1.54) is 22.6 Å². The summed E-state index contributed by atoms with van der Waals surface area (Å²) in [4.78, 5) is 18.0. The number of carbonyl (C=O) groups is 1. The fraction of sp³-hybridized carbons (Fsp3) is 0.455. The third kappa shape index (κ3) is 7.93. The summed E-state index contributed by atoms with van der Waals surface area (Å²) in [6.45, 7) is 3.96. The van der Waals surface area contributed by atoms with E-state index in [0.717, 1.165) is 24.6 Å². The Morgan fingerprint density at radius 1 is 1.07 bits per heavy atom. The molecule has 0 spiro atoms. The molecule has 4 atom stereocenters. The zero-order valence-corrected chi connectivity index (χ0v) is 27.5. The first kappa shape index (κ1) is 33.9. The van der Waals surface area contributed by atoms with Crippen LogP contribution in [-0.2, 0) is 32.4 Å². The van der Waals surface area contributed by atoms with Crippen molar-refractivity contribution in [2.24, 2.45) is 11.7 Å². The van der Waals surface area contributed by atoms with Gasteiger partial charge < -0.3 is 15.8 Å². The molecule has 45 heavy (non-hydrogen) atoms. The van der Waals surface area contributed by atoms with Gasteiger partial charge in [-0.05, 0) is 91.6 Å². The minimum Gasteiger partial charge on any atom is -0.381 e. The summed E-state index contributed by atoms with van der Waals surface area (Å²) < 4.78 is 49.8. The van der Waals surface area contributed by atoms with Crippen LogP contribution in [0.2, 0.25) is 10.0 Å². The summed E-state index contributed by atoms with van der Waals surface area (Å²) >= 11 is 12.1. The first-order valence-electron chi connectivity index (χ1n) is 15.3. The molecule has 12 heteroatoms. The van der Waals surface area contributed by atoms with Crippen LogP contribution in [0.4, 0.5) is 4.39 Å². The van der Waals surface area contributed by atoms with Crippen LogP contribution in [0.3, 0.4) is 0 Å². The first-order chi connectivity index (χ1) is 21.6. The van der Waals surface area contributed by atoms with Crippen LogP contribution in [0.5, 0.6) is 0 Å². The quantitative estimate of drug-likeness (QED) is 0.288. The number of carbonyl (C=O) groups excluding carboxylic acids is 1. The Morgan fingerprint density at radius 2 is 1.71 bits per heavy atom. The molecular weight excluding hydrogens is 638 g/mol. The molecule has 3 aromatic rings. The zero-order valence-electron chi connectivity index (χ0n) is 25.2. The monoisotopic (exact) mass is 676 g/mol. The Kier molecular flexibility index (Phi) is 11.3. The average molecular weight is 678 g/mol. The van der Waals surface area contributed by atoms with Gasteiger partial charge in [0.2, 0.25) is 10.0 Å². The van der Waals surface area contributed by atoms with Gasteiger partial charge >= 0.3 is 0 Å². The molecule has 0 amide bonds. The van der Waals surface area contributed by atoms with Crippen LogP contribution >= 0.6 is 23.2 Å². The summed E-state index contributed by atoms with van der Waals surface area (Å²) in [5.74, 6) is -0.838. The van der Waals surface area contributed by atoms with Crippen molar-refractivity contribution in [1.82, 2.24) is 14.6 Å². The molecule has 2 aromatic carbocycles. The minimum absolute atomic E-state index is 0.0827. The van der Waals surface area contributed by atoms with Crippen LogP contribution in [0.15, 0.2) is 65.8 Å². The molecule has 5 rings (SSSR count). The lowest BCUT2D eigenvalue weighted by atomic mass is 9.75. The molecule has 2 aliphatic heterocycles. The van der Waals surface area contributed by atoms with Crippen molar-refractivity contribution >= 4 is 39.0 Å². The number of rotatable bonds is 11. The lowest BCUT2D eigenvalue weighted by Gasteiger charge is -2.40. The third-order valence-electron chi connectivity index (χ3n) is 8.98. The van der Waals surface area contributed by atoms with E-state index in [4.69, 9.17) is 33.7 Å². The molecule has 0 bridgehead atoms. The molecule has 1 aromatic heterocycles. The van der Waals surface area contributed by atoms with Crippen LogP contribution < -0.4 is 11.1 Å². The number of aromatic nitrogens is 1. The van der Waals surface area contributed by atoms with E-state index in [9.17, 15) is 13.2 Å². The number of nitrogens with two attached hydrogens (primary N) is 1. The van der Waals surface area contributed by atoms with Crippen molar-refractivity contribution in [2.45, 2.75) is 68.0 Å². The second kappa shape index (κ2) is 15.0. The predicted octanol–water partition coefficient (Wildman–Crippen LogP) is 5.16. The minimum atomic E-state index is -3.84. The van der Waals surface area contributed by atoms with E-state index in [-0.39, 0.29) is 41.4 Å². The molecule has 0 aliphatic carbocycles. The van der Waals surface area contributed by atoms with Crippen molar-refractivity contribution < 1.29 is 22.3 Å². The SMILES string of the molecule is C[C@@H]1CNC[C@H](CCc2c(F)cncc2CC(=O)[C@@H](N)[C@@H](c2ccc(Cl)cc2)C2CCOCC2)N1S(=O)(=O)c1ccc(Cl)cc1. The largest absolute Gasteiger partial charge is 0.381 e. The number of halogens is 3. The number of nitrogens with zero attached hydrogens (tertiary/aromatic N) is 2. The lowest BCUT2D eigenvalue weighted by Crippen LogP contribution is -2.58. The summed E-state index contributed by atoms with van der Waals surface area (Å²) in [5, 5.41) is 4.35. The topological polar surface area (TPSA) is 115 Å². The number of benzene rings is 2. The number of ketones is 1. The molecule has 2 fully saturated rings. The number of nitrogens with one attached hydrogen (secondary N) is 1. The second-order valence-electron chi connectivity index (χ2n) is 11.9. The van der Waals surface area contributed by atoms with Crippen molar-refractivity contribution in [3.8, 4) is 0 Å². The maximum atomic E-state index is 15.3. The molecule has 3 N–H and O–H groups in total. The summed E-state index contributed by atoms with van der Waals surface area (Å²) in [7, 11) is -3.84. The Morgan fingerprint density at radius 3 is 2.38 bits per heavy atom. The maximum absolute atomic E-state index is 15.3. The predicted molar refractivity (Wildman–Crippen MR) is 174 cm³/mol. The van der Waals surface area contributed by atoms with Crippen LogP contribution in [0.25, 0.3) is 0 Å². The van der Waals surface area contributed by atoms with Gasteiger partial charge in [-0.1, -0.05) is 35.3 Å². The van der Waals surface area contributed by atoms with Crippen molar-refractivity contribution in [1.29, 1.82) is 0 Å². The number of hydrogen-bond acceptors (Lipinski definition) is 7. The Balaban J connectivity index is 1.35. The van der Waals surface area contributed by atoms with Gasteiger partial charge in [-0.25, -0.2) is 12.8 Å². The summed E-state index contributed by atoms with van der Waals surface area (Å²) in [6, 6.07) is 11.9. The summed E-state index contributed by atoms with van der Waals surface area (Å²) in [6.07, 6.45) is 4.69. The highest BCUT2D eigenvalue weighted by atomic mass is 35.5. The number of sulfonamides is 1. The molecule has 2 saturated heterocycles. The summed E-state index contributed by atoms with van der Waals surface area (Å²) in [5.41, 5.74) is 8.45. The highest BCUT2D eigenvalue weighted by Gasteiger charge is 2.38. The van der Waals surface area contributed by atoms with Crippen molar-refractivity contribution in [3.63, 3.8) is 0 Å². The molecular formula is C33H39Cl2FN4O4S. The van der Waals surface area contributed by atoms with Gasteiger partial charge in [0.25, 0.3) is 0 Å². The normalized spacial score (nSPS) is 21.4. The van der Waals surface area contributed by atoms with Crippen molar-refractivity contribution in [3.05, 3.63) is 93.5 Å². The number of ether oxygens (including phenoxy) is 1. The fourth-order valence-electron chi connectivity index (χ4n) is 6.67. The van der Waals surface area contributed by atoms with E-state index >= 15 is 4.39 Å². The fourth-order valence-corrected chi connectivity index (χ4v) is 8.77. The van der Waals surface area contributed by atoms with E-state index in [1.807, 2.05) is 19.1 Å². The smallest absolute Gasteiger partial charge is 0.243 e. The van der Waals surface area contributed by atoms with Crippen LogP contribution in [0.1, 0.15) is 48.8 Å². The highest BCUT2D eigenvalue weighted by Crippen LogP contribution is 2.36. The number of Topliss-reactive ketones (excluding diaryl/α,β-unsaturated/α-hetero) is 1. The Bertz CT molecular complexity index is 1570. The third-order valence-corrected chi connectivity index (χ3v) is 11.6. The Hall–Kier alpha value is -2.44. The highest BCUT2D eigenvalue weighted by molar-refractivity contribution is 7.89. The molecule has 0 saturated carbocycles. The first-order valence-corrected chi connectivity index (χ1v) is 17.5. The van der Waals surface area contributed by atoms with Crippen LogP contribution in [0, 0.1) is 11.7 Å². The van der Waals surface area contributed by atoms with Gasteiger partial charge in [0.05, 0.1) is 17.1 Å². The molecule has 3 heterocycles. The van der Waals surface area contributed by atoms with Gasteiger partial charge in [-0.2, -0.15) is 4.31 Å². The van der Waals surface area contributed by atoms with E-state index in [2.05, 4.69) is 10.3 Å². The van der Waals surface area contributed by atoms with Gasteiger partial charge in [-0.15, -0.1) is 0 Å². The van der Waals surface area contributed by atoms with Gasteiger partial charge in [0.15, 0.2) is 5.78 Å². The standard InChI is InChI=1S/C33H39Cl2FN4O4S/c1-21-17-38-19-27(40(21)45(42,43)28-9-6-26(35)7-10-28)8-11-29-24(18-39-20-30(29)36)16-31(41)33(37)32(23-12-14-44-15-13-23)22-2-4-25(34)5-3-22/h2-7,9-10,18,20-21,23,27,32-33,38H,8,11-17,19,37H2,1H3/t21-,27+,32+,33-/m1/s1. The Labute approximate surface area is 274 Å².